The van der Waals surface area contributed by atoms with E-state index in [9.17, 15) is 9.90 Å². The number of carbonyl (C=O) groups is 1. The molecule has 2 atom stereocenters. The molecule has 0 radical (unpaired) electrons. The third-order valence-corrected chi connectivity index (χ3v) is 6.72. The molecule has 2 aliphatic heterocycles. The maximum Gasteiger partial charge on any atom is 0.321 e. The Morgan fingerprint density at radius 3 is 2.71 bits per heavy atom. The summed E-state index contributed by atoms with van der Waals surface area (Å²) in [5, 5.41) is 16.2. The largest absolute Gasteiger partial charge is 0.394 e. The normalized spacial score (nSPS) is 19.2. The topological polar surface area (TPSA) is 90.0 Å². The van der Waals surface area contributed by atoms with Crippen molar-refractivity contribution in [3.63, 3.8) is 0 Å². The van der Waals surface area contributed by atoms with Gasteiger partial charge in [0.25, 0.3) is 0 Å². The zero-order valence-corrected chi connectivity index (χ0v) is 20.5. The number of hydrogen-bond donors (Lipinski definition) is 3. The standard InChI is InChI=1S/C26H37N5O3/c1-4-21(17-32)27-24-13-20(14-25(29-24)30-9-11-34-12-10-30)23-15-22(6-5-19(23)3)28-26(33)31-8-7-18(2)16-31/h5-6,13-15,18,21,32H,4,7-12,16-17H2,1-3H3,(H,27,29)(H,28,33)/t18-,21-/m1/s1. The second kappa shape index (κ2) is 11.1. The first-order valence-corrected chi connectivity index (χ1v) is 12.4. The Morgan fingerprint density at radius 1 is 1.24 bits per heavy atom. The zero-order chi connectivity index (χ0) is 24.1. The second-order valence-electron chi connectivity index (χ2n) is 9.43. The average molecular weight is 468 g/mol. The summed E-state index contributed by atoms with van der Waals surface area (Å²) in [5.74, 6) is 2.17. The molecule has 34 heavy (non-hydrogen) atoms. The SMILES string of the molecule is CC[C@H](CO)Nc1cc(-c2cc(NC(=O)N3CC[C@@H](C)C3)ccc2C)cc(N2CCOCC2)n1. The lowest BCUT2D eigenvalue weighted by atomic mass is 10.00. The number of aryl methyl sites for hydroxylation is 1. The van der Waals surface area contributed by atoms with Crippen LogP contribution in [0.2, 0.25) is 0 Å². The van der Waals surface area contributed by atoms with E-state index in [0.717, 1.165) is 73.0 Å². The van der Waals surface area contributed by atoms with E-state index >= 15 is 0 Å². The molecule has 3 N–H and O–H groups in total. The lowest BCUT2D eigenvalue weighted by Crippen LogP contribution is -2.37. The van der Waals surface area contributed by atoms with Crippen molar-refractivity contribution in [2.45, 2.75) is 39.7 Å². The van der Waals surface area contributed by atoms with Gasteiger partial charge in [-0.25, -0.2) is 9.78 Å². The third-order valence-electron chi connectivity index (χ3n) is 6.72. The number of aliphatic hydroxyl groups is 1. The Labute approximate surface area is 202 Å². The van der Waals surface area contributed by atoms with Crippen molar-refractivity contribution in [3.8, 4) is 11.1 Å². The van der Waals surface area contributed by atoms with Gasteiger partial charge in [0, 0.05) is 31.9 Å². The maximum absolute atomic E-state index is 12.7. The van der Waals surface area contributed by atoms with Crippen LogP contribution in [-0.2, 0) is 4.74 Å². The molecule has 184 valence electrons. The number of amides is 2. The van der Waals surface area contributed by atoms with E-state index in [0.29, 0.717) is 19.1 Å². The van der Waals surface area contributed by atoms with Crippen LogP contribution < -0.4 is 15.5 Å². The Hall–Kier alpha value is -2.84. The zero-order valence-electron chi connectivity index (χ0n) is 20.5. The molecule has 2 saturated heterocycles. The molecule has 4 rings (SSSR count). The molecule has 2 fully saturated rings. The highest BCUT2D eigenvalue weighted by Crippen LogP contribution is 2.32. The van der Waals surface area contributed by atoms with Crippen LogP contribution in [0.3, 0.4) is 0 Å². The average Bonchev–Trinajstić information content (AvgIpc) is 3.30. The van der Waals surface area contributed by atoms with Gasteiger partial charge in [-0.15, -0.1) is 0 Å². The molecule has 2 amide bonds. The van der Waals surface area contributed by atoms with Gasteiger partial charge in [-0.1, -0.05) is 19.9 Å². The Morgan fingerprint density at radius 2 is 2.03 bits per heavy atom. The van der Waals surface area contributed by atoms with Gasteiger partial charge in [-0.2, -0.15) is 0 Å². The molecule has 3 heterocycles. The molecule has 2 aliphatic rings. The third kappa shape index (κ3) is 5.80. The summed E-state index contributed by atoms with van der Waals surface area (Å²) < 4.78 is 5.52. The number of aromatic nitrogens is 1. The first-order valence-electron chi connectivity index (χ1n) is 12.4. The highest BCUT2D eigenvalue weighted by Gasteiger charge is 2.23. The lowest BCUT2D eigenvalue weighted by Gasteiger charge is -2.29. The molecule has 1 aromatic carbocycles. The van der Waals surface area contributed by atoms with Crippen molar-refractivity contribution in [2.75, 3.05) is 61.5 Å². The Bertz CT molecular complexity index is 988. The summed E-state index contributed by atoms with van der Waals surface area (Å²) >= 11 is 0. The van der Waals surface area contributed by atoms with Gasteiger partial charge in [0.05, 0.1) is 25.9 Å². The van der Waals surface area contributed by atoms with Crippen LogP contribution in [0.1, 0.15) is 32.3 Å². The fourth-order valence-corrected chi connectivity index (χ4v) is 4.52. The molecule has 0 aliphatic carbocycles. The number of aliphatic hydroxyl groups excluding tert-OH is 1. The maximum atomic E-state index is 12.7. The number of likely N-dealkylation sites (tertiary alicyclic amines) is 1. The molecular formula is C26H37N5O3. The van der Waals surface area contributed by atoms with Gasteiger partial charge in [0.2, 0.25) is 0 Å². The molecule has 8 heteroatoms. The molecule has 0 unspecified atom stereocenters. The quantitative estimate of drug-likeness (QED) is 0.571. The summed E-state index contributed by atoms with van der Waals surface area (Å²) in [6.07, 6.45) is 1.85. The summed E-state index contributed by atoms with van der Waals surface area (Å²) in [4.78, 5) is 21.7. The van der Waals surface area contributed by atoms with Crippen LogP contribution in [0.5, 0.6) is 0 Å². The van der Waals surface area contributed by atoms with Crippen molar-refractivity contribution in [1.29, 1.82) is 0 Å². The van der Waals surface area contributed by atoms with Gasteiger partial charge in [0.1, 0.15) is 11.6 Å². The van der Waals surface area contributed by atoms with Crippen LogP contribution in [-0.4, -0.2) is 73.1 Å². The van der Waals surface area contributed by atoms with E-state index < -0.39 is 0 Å². The minimum absolute atomic E-state index is 0.0426. The van der Waals surface area contributed by atoms with Gasteiger partial charge in [0.15, 0.2) is 0 Å². The van der Waals surface area contributed by atoms with Crippen molar-refractivity contribution < 1.29 is 14.6 Å². The number of carbonyl (C=O) groups excluding carboxylic acids is 1. The predicted octanol–water partition coefficient (Wildman–Crippen LogP) is 3.95. The number of pyridine rings is 1. The minimum atomic E-state index is -0.0603. The van der Waals surface area contributed by atoms with Crippen LogP contribution in [0, 0.1) is 12.8 Å². The monoisotopic (exact) mass is 467 g/mol. The molecule has 8 nitrogen and oxygen atoms in total. The number of benzene rings is 1. The van der Waals surface area contributed by atoms with E-state index in [-0.39, 0.29) is 18.7 Å². The first kappa shape index (κ1) is 24.3. The molecular weight excluding hydrogens is 430 g/mol. The fourth-order valence-electron chi connectivity index (χ4n) is 4.52. The van der Waals surface area contributed by atoms with Crippen molar-refractivity contribution in [3.05, 3.63) is 35.9 Å². The van der Waals surface area contributed by atoms with Gasteiger partial charge in [-0.3, -0.25) is 0 Å². The second-order valence-corrected chi connectivity index (χ2v) is 9.43. The molecule has 0 saturated carbocycles. The predicted molar refractivity (Wildman–Crippen MR) is 137 cm³/mol. The van der Waals surface area contributed by atoms with Gasteiger partial charge >= 0.3 is 6.03 Å². The van der Waals surface area contributed by atoms with Crippen molar-refractivity contribution in [1.82, 2.24) is 9.88 Å². The summed E-state index contributed by atoms with van der Waals surface area (Å²) in [5.41, 5.74) is 3.97. The molecule has 0 bridgehead atoms. The van der Waals surface area contributed by atoms with Gasteiger partial charge in [-0.05, 0) is 66.6 Å². The van der Waals surface area contributed by atoms with Crippen LogP contribution in [0.25, 0.3) is 11.1 Å². The van der Waals surface area contributed by atoms with E-state index in [1.54, 1.807) is 0 Å². The molecule has 0 spiro atoms. The van der Waals surface area contributed by atoms with E-state index in [1.165, 1.54) is 0 Å². The summed E-state index contributed by atoms with van der Waals surface area (Å²) in [6.45, 7) is 10.9. The number of urea groups is 1. The number of ether oxygens (including phenoxy) is 1. The number of nitrogens with one attached hydrogen (secondary N) is 2. The fraction of sp³-hybridized carbons (Fsp3) is 0.538. The molecule has 2 aromatic rings. The van der Waals surface area contributed by atoms with E-state index in [4.69, 9.17) is 9.72 Å². The van der Waals surface area contributed by atoms with Crippen molar-refractivity contribution in [2.24, 2.45) is 5.92 Å². The van der Waals surface area contributed by atoms with E-state index in [2.05, 4.69) is 35.4 Å². The highest BCUT2D eigenvalue weighted by atomic mass is 16.5. The number of nitrogens with zero attached hydrogens (tertiary/aromatic N) is 3. The van der Waals surface area contributed by atoms with Crippen LogP contribution >= 0.6 is 0 Å². The van der Waals surface area contributed by atoms with Crippen LogP contribution in [0.15, 0.2) is 30.3 Å². The van der Waals surface area contributed by atoms with Crippen LogP contribution in [0.4, 0.5) is 22.1 Å². The molecule has 1 aromatic heterocycles. The smallest absolute Gasteiger partial charge is 0.321 e. The number of rotatable bonds is 7. The number of hydrogen-bond acceptors (Lipinski definition) is 6. The first-order chi connectivity index (χ1) is 16.5. The highest BCUT2D eigenvalue weighted by molar-refractivity contribution is 5.91. The number of morpholine rings is 1. The Balaban J connectivity index is 1.64. The number of anilines is 3. The van der Waals surface area contributed by atoms with Crippen molar-refractivity contribution >= 4 is 23.4 Å². The summed E-state index contributed by atoms with van der Waals surface area (Å²) in [6, 6.07) is 10.1. The minimum Gasteiger partial charge on any atom is -0.394 e. The Kier molecular flexibility index (Phi) is 7.90. The van der Waals surface area contributed by atoms with Gasteiger partial charge < -0.3 is 30.3 Å². The lowest BCUT2D eigenvalue weighted by molar-refractivity contribution is 0.122. The summed E-state index contributed by atoms with van der Waals surface area (Å²) in [7, 11) is 0. The van der Waals surface area contributed by atoms with E-state index in [1.807, 2.05) is 36.1 Å².